The van der Waals surface area contributed by atoms with Crippen molar-refractivity contribution < 1.29 is 13.2 Å². The van der Waals surface area contributed by atoms with Crippen LogP contribution in [-0.4, -0.2) is 35.3 Å². The van der Waals surface area contributed by atoms with Gasteiger partial charge < -0.3 is 5.32 Å². The molecule has 4 rings (SSSR count). The van der Waals surface area contributed by atoms with Crippen LogP contribution in [0.1, 0.15) is 22.4 Å². The number of thiazole rings is 1. The van der Waals surface area contributed by atoms with Crippen molar-refractivity contribution in [1.29, 1.82) is 0 Å². The fourth-order valence-electron chi connectivity index (χ4n) is 3.41. The molecule has 4 aromatic rings. The van der Waals surface area contributed by atoms with Crippen LogP contribution in [0.15, 0.2) is 47.4 Å². The van der Waals surface area contributed by atoms with Crippen molar-refractivity contribution in [3.8, 4) is 5.13 Å². The molecule has 9 heteroatoms. The van der Waals surface area contributed by atoms with E-state index in [1.54, 1.807) is 22.9 Å². The second kappa shape index (κ2) is 7.90. The lowest BCUT2D eigenvalue weighted by atomic mass is 10.1. The van der Waals surface area contributed by atoms with Gasteiger partial charge in [0.05, 0.1) is 27.2 Å². The number of anilines is 1. The number of sulfone groups is 1. The van der Waals surface area contributed by atoms with Crippen molar-refractivity contribution in [2.75, 3.05) is 11.6 Å². The Morgan fingerprint density at radius 2 is 1.81 bits per heavy atom. The molecule has 0 aliphatic carbocycles. The fraction of sp³-hybridized carbons (Fsp3) is 0.227. The van der Waals surface area contributed by atoms with Crippen LogP contribution in [0.2, 0.25) is 0 Å². The van der Waals surface area contributed by atoms with Crippen LogP contribution in [0.3, 0.4) is 0 Å². The van der Waals surface area contributed by atoms with E-state index >= 15 is 0 Å². The average Bonchev–Trinajstić information content (AvgIpc) is 3.24. The van der Waals surface area contributed by atoms with E-state index < -0.39 is 9.84 Å². The highest BCUT2D eigenvalue weighted by atomic mass is 32.2. The molecule has 7 nitrogen and oxygen atoms in total. The molecule has 0 radical (unpaired) electrons. The normalized spacial score (nSPS) is 11.7. The van der Waals surface area contributed by atoms with E-state index in [0.717, 1.165) is 33.3 Å². The summed E-state index contributed by atoms with van der Waals surface area (Å²) in [4.78, 5) is 17.6. The van der Waals surface area contributed by atoms with Crippen LogP contribution in [0.4, 0.5) is 5.82 Å². The summed E-state index contributed by atoms with van der Waals surface area (Å²) >= 11 is 1.52. The number of benzene rings is 2. The molecule has 1 amide bonds. The minimum absolute atomic E-state index is 0.117. The second-order valence-electron chi connectivity index (χ2n) is 7.65. The molecule has 0 saturated carbocycles. The van der Waals surface area contributed by atoms with Crippen LogP contribution in [0, 0.1) is 20.8 Å². The van der Waals surface area contributed by atoms with Crippen LogP contribution in [0.5, 0.6) is 0 Å². The molecule has 31 heavy (non-hydrogen) atoms. The largest absolute Gasteiger partial charge is 0.310 e. The SMILES string of the molecule is Cc1cc(C)c2nc(-n3nc(C)cc3NC(=O)Cc3ccc(S(C)(=O)=O)cc3)sc2c1. The van der Waals surface area contributed by atoms with Crippen molar-refractivity contribution in [2.45, 2.75) is 32.1 Å². The lowest BCUT2D eigenvalue weighted by Gasteiger charge is -2.07. The van der Waals surface area contributed by atoms with Gasteiger partial charge in [-0.2, -0.15) is 9.78 Å². The van der Waals surface area contributed by atoms with Gasteiger partial charge in [0.2, 0.25) is 11.0 Å². The predicted octanol–water partition coefficient (Wildman–Crippen LogP) is 3.99. The van der Waals surface area contributed by atoms with E-state index in [1.165, 1.54) is 29.0 Å². The van der Waals surface area contributed by atoms with Gasteiger partial charge in [0.15, 0.2) is 9.84 Å². The Hall–Kier alpha value is -3.04. The van der Waals surface area contributed by atoms with E-state index in [-0.39, 0.29) is 17.2 Å². The molecular weight excluding hydrogens is 432 g/mol. The third-order valence-electron chi connectivity index (χ3n) is 4.81. The zero-order valence-electron chi connectivity index (χ0n) is 17.6. The minimum atomic E-state index is -3.27. The highest BCUT2D eigenvalue weighted by molar-refractivity contribution is 7.90. The zero-order valence-corrected chi connectivity index (χ0v) is 19.3. The van der Waals surface area contributed by atoms with E-state index in [9.17, 15) is 13.2 Å². The number of hydrogen-bond acceptors (Lipinski definition) is 6. The molecule has 2 aromatic carbocycles. The third-order valence-corrected chi connectivity index (χ3v) is 6.92. The molecule has 0 spiro atoms. The molecule has 0 atom stereocenters. The minimum Gasteiger partial charge on any atom is -0.310 e. The Morgan fingerprint density at radius 3 is 2.48 bits per heavy atom. The third kappa shape index (κ3) is 4.52. The van der Waals surface area contributed by atoms with Crippen molar-refractivity contribution >= 4 is 43.1 Å². The van der Waals surface area contributed by atoms with Gasteiger partial charge in [-0.15, -0.1) is 0 Å². The number of aryl methyl sites for hydroxylation is 3. The predicted molar refractivity (Wildman–Crippen MR) is 123 cm³/mol. The van der Waals surface area contributed by atoms with E-state index in [2.05, 4.69) is 29.5 Å². The number of rotatable bonds is 5. The first-order valence-corrected chi connectivity index (χ1v) is 12.3. The number of carbonyl (C=O) groups is 1. The molecule has 2 heterocycles. The zero-order chi connectivity index (χ0) is 22.3. The van der Waals surface area contributed by atoms with Gasteiger partial charge in [-0.05, 0) is 55.7 Å². The van der Waals surface area contributed by atoms with Crippen LogP contribution in [0.25, 0.3) is 15.3 Å². The molecule has 2 aromatic heterocycles. The number of hydrogen-bond donors (Lipinski definition) is 1. The molecule has 0 unspecified atom stereocenters. The van der Waals surface area contributed by atoms with Gasteiger partial charge in [-0.1, -0.05) is 29.5 Å². The van der Waals surface area contributed by atoms with Gasteiger partial charge in [0.25, 0.3) is 0 Å². The number of nitrogens with zero attached hydrogens (tertiary/aromatic N) is 3. The summed E-state index contributed by atoms with van der Waals surface area (Å²) in [5.41, 5.74) is 4.69. The summed E-state index contributed by atoms with van der Waals surface area (Å²) in [6.07, 6.45) is 1.27. The first-order valence-electron chi connectivity index (χ1n) is 9.64. The van der Waals surface area contributed by atoms with Crippen LogP contribution < -0.4 is 5.32 Å². The molecule has 1 N–H and O–H groups in total. The van der Waals surface area contributed by atoms with Gasteiger partial charge >= 0.3 is 0 Å². The first kappa shape index (κ1) is 21.2. The summed E-state index contributed by atoms with van der Waals surface area (Å²) in [6.45, 7) is 5.95. The number of carbonyl (C=O) groups excluding carboxylic acids is 1. The highest BCUT2D eigenvalue weighted by Gasteiger charge is 2.16. The Bertz CT molecular complexity index is 1400. The molecule has 0 fully saturated rings. The molecule has 0 saturated heterocycles. The molecule has 0 aliphatic rings. The monoisotopic (exact) mass is 454 g/mol. The van der Waals surface area contributed by atoms with Gasteiger partial charge in [0.1, 0.15) is 5.82 Å². The van der Waals surface area contributed by atoms with E-state index in [4.69, 9.17) is 4.98 Å². The maximum absolute atomic E-state index is 12.6. The Kier molecular flexibility index (Phi) is 5.40. The maximum atomic E-state index is 12.6. The molecule has 0 bridgehead atoms. The molecule has 160 valence electrons. The summed E-state index contributed by atoms with van der Waals surface area (Å²) in [5, 5.41) is 8.10. The topological polar surface area (TPSA) is 93.9 Å². The smallest absolute Gasteiger partial charge is 0.229 e. The highest BCUT2D eigenvalue weighted by Crippen LogP contribution is 2.30. The number of aromatic nitrogens is 3. The first-order chi connectivity index (χ1) is 14.6. The molecular formula is C22H22N4O3S2. The van der Waals surface area contributed by atoms with Crippen molar-refractivity contribution in [3.63, 3.8) is 0 Å². The van der Waals surface area contributed by atoms with Crippen molar-refractivity contribution in [1.82, 2.24) is 14.8 Å². The number of amides is 1. The van der Waals surface area contributed by atoms with E-state index in [1.807, 2.05) is 13.8 Å². The Labute approximate surface area is 184 Å². The summed E-state index contributed by atoms with van der Waals surface area (Å²) in [6, 6.07) is 12.3. The van der Waals surface area contributed by atoms with Crippen LogP contribution in [-0.2, 0) is 21.1 Å². The van der Waals surface area contributed by atoms with Crippen molar-refractivity contribution in [2.24, 2.45) is 0 Å². The lowest BCUT2D eigenvalue weighted by Crippen LogP contribution is -2.17. The Morgan fingerprint density at radius 1 is 1.10 bits per heavy atom. The number of nitrogens with one attached hydrogen (secondary N) is 1. The quantitative estimate of drug-likeness (QED) is 0.492. The average molecular weight is 455 g/mol. The second-order valence-corrected chi connectivity index (χ2v) is 10.7. The van der Waals surface area contributed by atoms with Gasteiger partial charge in [-0.3, -0.25) is 4.79 Å². The standard InChI is InChI=1S/C22H22N4O3S2/c1-13-9-14(2)21-18(10-13)30-22(24-21)26-19(11-15(3)25-26)23-20(27)12-16-5-7-17(8-6-16)31(4,28)29/h5-11H,12H2,1-4H3,(H,23,27). The lowest BCUT2D eigenvalue weighted by molar-refractivity contribution is -0.115. The molecule has 0 aliphatic heterocycles. The maximum Gasteiger partial charge on any atom is 0.229 e. The summed E-state index contributed by atoms with van der Waals surface area (Å²) in [7, 11) is -3.27. The fourth-order valence-corrected chi connectivity index (χ4v) is 5.15. The number of fused-ring (bicyclic) bond motifs is 1. The van der Waals surface area contributed by atoms with Crippen LogP contribution >= 0.6 is 11.3 Å². The van der Waals surface area contributed by atoms with Gasteiger partial charge in [0, 0.05) is 12.3 Å². The summed E-state index contributed by atoms with van der Waals surface area (Å²) in [5.74, 6) is 0.324. The van der Waals surface area contributed by atoms with Gasteiger partial charge in [-0.25, -0.2) is 13.4 Å². The summed E-state index contributed by atoms with van der Waals surface area (Å²) < 4.78 is 25.9. The van der Waals surface area contributed by atoms with Crippen molar-refractivity contribution in [3.05, 3.63) is 64.8 Å². The Balaban J connectivity index is 1.58. The van der Waals surface area contributed by atoms with E-state index in [0.29, 0.717) is 10.9 Å².